The second-order valence-corrected chi connectivity index (χ2v) is 7.96. The number of hydrogen-bond donors (Lipinski definition) is 1. The number of halogens is 1. The van der Waals surface area contributed by atoms with Crippen molar-refractivity contribution in [3.8, 4) is 0 Å². The summed E-state index contributed by atoms with van der Waals surface area (Å²) in [5.41, 5.74) is 4.56. The number of anilines is 2. The smallest absolute Gasteiger partial charge is 0.238 e. The Morgan fingerprint density at radius 1 is 1.07 bits per heavy atom. The summed E-state index contributed by atoms with van der Waals surface area (Å²) in [6.07, 6.45) is 0. The largest absolute Gasteiger partial charge is 0.369 e. The zero-order valence-electron chi connectivity index (χ0n) is 16.3. The fourth-order valence-corrected chi connectivity index (χ4v) is 3.59. The van der Waals surface area contributed by atoms with Crippen LogP contribution in [0.15, 0.2) is 42.5 Å². The van der Waals surface area contributed by atoms with E-state index >= 15 is 0 Å². The molecule has 3 rings (SSSR count). The van der Waals surface area contributed by atoms with Crippen LogP contribution in [0.2, 0.25) is 5.02 Å². The van der Waals surface area contributed by atoms with Crippen molar-refractivity contribution in [2.45, 2.75) is 26.7 Å². The summed E-state index contributed by atoms with van der Waals surface area (Å²) in [7, 11) is 0. The van der Waals surface area contributed by atoms with Gasteiger partial charge in [0.2, 0.25) is 5.91 Å². The van der Waals surface area contributed by atoms with Gasteiger partial charge in [-0.3, -0.25) is 9.69 Å². The van der Waals surface area contributed by atoms with Gasteiger partial charge in [0.15, 0.2) is 0 Å². The molecule has 0 atom stereocenters. The third-order valence-corrected chi connectivity index (χ3v) is 5.35. The molecule has 2 aromatic carbocycles. The Morgan fingerprint density at radius 2 is 1.74 bits per heavy atom. The van der Waals surface area contributed by atoms with Gasteiger partial charge in [-0.15, -0.1) is 0 Å². The van der Waals surface area contributed by atoms with Gasteiger partial charge in [0.25, 0.3) is 0 Å². The molecule has 1 fully saturated rings. The van der Waals surface area contributed by atoms with E-state index in [4.69, 9.17) is 11.6 Å². The number of benzene rings is 2. The lowest BCUT2D eigenvalue weighted by Crippen LogP contribution is -2.48. The molecule has 0 spiro atoms. The number of piperazine rings is 1. The zero-order valence-corrected chi connectivity index (χ0v) is 17.1. The van der Waals surface area contributed by atoms with E-state index in [0.717, 1.165) is 36.9 Å². The van der Waals surface area contributed by atoms with Crippen LogP contribution in [0, 0.1) is 6.92 Å². The molecule has 144 valence electrons. The first-order valence-corrected chi connectivity index (χ1v) is 9.93. The molecule has 5 heteroatoms. The average Bonchev–Trinajstić information content (AvgIpc) is 2.65. The topological polar surface area (TPSA) is 35.6 Å². The number of hydrogen-bond acceptors (Lipinski definition) is 3. The Labute approximate surface area is 167 Å². The molecule has 0 saturated carbocycles. The van der Waals surface area contributed by atoms with E-state index in [1.807, 2.05) is 24.3 Å². The first-order chi connectivity index (χ1) is 12.9. The van der Waals surface area contributed by atoms with Crippen molar-refractivity contribution in [1.82, 2.24) is 4.90 Å². The van der Waals surface area contributed by atoms with E-state index in [2.05, 4.69) is 54.1 Å². The third-order valence-electron chi connectivity index (χ3n) is 5.11. The molecule has 2 aromatic rings. The lowest BCUT2D eigenvalue weighted by Gasteiger charge is -2.36. The molecule has 0 unspecified atom stereocenters. The second kappa shape index (κ2) is 8.77. The van der Waals surface area contributed by atoms with E-state index in [-0.39, 0.29) is 5.91 Å². The fraction of sp³-hybridized carbons (Fsp3) is 0.409. The van der Waals surface area contributed by atoms with Crippen LogP contribution in [0.4, 0.5) is 11.4 Å². The highest BCUT2D eigenvalue weighted by Gasteiger charge is 2.20. The van der Waals surface area contributed by atoms with Crippen LogP contribution in [0.5, 0.6) is 0 Å². The molecule has 0 aliphatic carbocycles. The number of amides is 1. The quantitative estimate of drug-likeness (QED) is 0.821. The zero-order chi connectivity index (χ0) is 19.4. The van der Waals surface area contributed by atoms with Gasteiger partial charge >= 0.3 is 0 Å². The molecule has 1 heterocycles. The number of carbonyl (C=O) groups is 1. The summed E-state index contributed by atoms with van der Waals surface area (Å²) in [6, 6.07) is 14.1. The molecule has 0 bridgehead atoms. The van der Waals surface area contributed by atoms with Crippen LogP contribution < -0.4 is 10.2 Å². The summed E-state index contributed by atoms with van der Waals surface area (Å²) in [5, 5.41) is 3.77. The minimum Gasteiger partial charge on any atom is -0.369 e. The van der Waals surface area contributed by atoms with E-state index in [9.17, 15) is 4.79 Å². The predicted octanol–water partition coefficient (Wildman–Crippen LogP) is 4.53. The Balaban J connectivity index is 1.50. The molecular formula is C22H28ClN3O. The standard InChI is InChI=1S/C22H28ClN3O/c1-16(2)18-5-8-20(9-6-18)24-22(27)15-25-10-12-26(13-11-25)21-14-19(23)7-4-17(21)3/h4-9,14,16H,10-13,15H2,1-3H3,(H,24,27). The molecule has 1 aliphatic rings. The van der Waals surface area contributed by atoms with E-state index < -0.39 is 0 Å². The van der Waals surface area contributed by atoms with Gasteiger partial charge in [-0.2, -0.15) is 0 Å². The highest BCUT2D eigenvalue weighted by Crippen LogP contribution is 2.25. The maximum Gasteiger partial charge on any atom is 0.238 e. The molecule has 1 amide bonds. The molecule has 4 nitrogen and oxygen atoms in total. The molecule has 1 N–H and O–H groups in total. The van der Waals surface area contributed by atoms with Crippen LogP contribution in [0.3, 0.4) is 0 Å². The molecule has 1 saturated heterocycles. The Bertz CT molecular complexity index is 781. The first kappa shape index (κ1) is 19.7. The SMILES string of the molecule is Cc1ccc(Cl)cc1N1CCN(CC(=O)Nc2ccc(C(C)C)cc2)CC1. The minimum atomic E-state index is 0.0414. The lowest BCUT2D eigenvalue weighted by molar-refractivity contribution is -0.117. The number of nitrogens with one attached hydrogen (secondary N) is 1. The minimum absolute atomic E-state index is 0.0414. The van der Waals surface area contributed by atoms with Crippen molar-refractivity contribution in [1.29, 1.82) is 0 Å². The summed E-state index contributed by atoms with van der Waals surface area (Å²) < 4.78 is 0. The van der Waals surface area contributed by atoms with Crippen molar-refractivity contribution >= 4 is 28.9 Å². The number of rotatable bonds is 5. The number of aryl methyl sites for hydroxylation is 1. The van der Waals surface area contributed by atoms with Crippen LogP contribution in [0.1, 0.15) is 30.9 Å². The maximum absolute atomic E-state index is 12.4. The van der Waals surface area contributed by atoms with Gasteiger partial charge in [0, 0.05) is 42.6 Å². The highest BCUT2D eigenvalue weighted by molar-refractivity contribution is 6.30. The number of carbonyl (C=O) groups excluding carboxylic acids is 1. The predicted molar refractivity (Wildman–Crippen MR) is 114 cm³/mol. The summed E-state index contributed by atoms with van der Waals surface area (Å²) >= 11 is 6.15. The van der Waals surface area contributed by atoms with E-state index in [1.165, 1.54) is 16.8 Å². The van der Waals surface area contributed by atoms with Gasteiger partial charge < -0.3 is 10.2 Å². The van der Waals surface area contributed by atoms with Crippen molar-refractivity contribution < 1.29 is 4.79 Å². The highest BCUT2D eigenvalue weighted by atomic mass is 35.5. The van der Waals surface area contributed by atoms with Crippen LogP contribution >= 0.6 is 11.6 Å². The van der Waals surface area contributed by atoms with Gasteiger partial charge in [-0.25, -0.2) is 0 Å². The fourth-order valence-electron chi connectivity index (χ4n) is 3.43. The van der Waals surface area contributed by atoms with E-state index in [1.54, 1.807) is 0 Å². The molecule has 27 heavy (non-hydrogen) atoms. The Morgan fingerprint density at radius 3 is 2.37 bits per heavy atom. The summed E-state index contributed by atoms with van der Waals surface area (Å²) in [6.45, 7) is 10.4. The Kier molecular flexibility index (Phi) is 6.40. The van der Waals surface area contributed by atoms with Crippen molar-refractivity contribution in [3.63, 3.8) is 0 Å². The van der Waals surface area contributed by atoms with Crippen molar-refractivity contribution in [3.05, 3.63) is 58.6 Å². The van der Waals surface area contributed by atoms with Crippen molar-refractivity contribution in [2.24, 2.45) is 0 Å². The third kappa shape index (κ3) is 5.24. The van der Waals surface area contributed by atoms with Gasteiger partial charge in [-0.1, -0.05) is 43.6 Å². The molecule has 0 radical (unpaired) electrons. The Hall–Kier alpha value is -2.04. The van der Waals surface area contributed by atoms with Crippen LogP contribution in [-0.2, 0) is 4.79 Å². The lowest BCUT2D eigenvalue weighted by atomic mass is 10.0. The molecular weight excluding hydrogens is 358 g/mol. The van der Waals surface area contributed by atoms with Gasteiger partial charge in [0.1, 0.15) is 0 Å². The van der Waals surface area contributed by atoms with Crippen LogP contribution in [0.25, 0.3) is 0 Å². The summed E-state index contributed by atoms with van der Waals surface area (Å²) in [5.74, 6) is 0.536. The number of nitrogens with zero attached hydrogens (tertiary/aromatic N) is 2. The summed E-state index contributed by atoms with van der Waals surface area (Å²) in [4.78, 5) is 16.9. The molecule has 0 aromatic heterocycles. The van der Waals surface area contributed by atoms with Gasteiger partial charge in [0.05, 0.1) is 6.54 Å². The second-order valence-electron chi connectivity index (χ2n) is 7.52. The van der Waals surface area contributed by atoms with E-state index in [0.29, 0.717) is 12.5 Å². The first-order valence-electron chi connectivity index (χ1n) is 9.55. The average molecular weight is 386 g/mol. The van der Waals surface area contributed by atoms with Crippen LogP contribution in [-0.4, -0.2) is 43.5 Å². The maximum atomic E-state index is 12.4. The normalized spacial score (nSPS) is 15.2. The van der Waals surface area contributed by atoms with Gasteiger partial charge in [-0.05, 0) is 48.2 Å². The molecule has 1 aliphatic heterocycles. The van der Waals surface area contributed by atoms with Crippen molar-refractivity contribution in [2.75, 3.05) is 42.9 Å². The monoisotopic (exact) mass is 385 g/mol.